The molecule has 22 heavy (non-hydrogen) atoms. The molecule has 0 N–H and O–H groups in total. The van der Waals surface area contributed by atoms with E-state index in [1.54, 1.807) is 14.0 Å². The maximum atomic E-state index is 12.5. The van der Waals surface area contributed by atoms with Crippen molar-refractivity contribution < 1.29 is 23.8 Å². The van der Waals surface area contributed by atoms with Crippen LogP contribution >= 0.6 is 0 Å². The number of hydrogen-bond donors (Lipinski definition) is 0. The van der Waals surface area contributed by atoms with Crippen molar-refractivity contribution >= 4 is 11.6 Å². The molecular weight excluding hydrogens is 284 g/mol. The van der Waals surface area contributed by atoms with Crippen LogP contribution in [0.25, 0.3) is 0 Å². The Morgan fingerprint density at radius 2 is 1.36 bits per heavy atom. The lowest BCUT2D eigenvalue weighted by Gasteiger charge is -2.20. The lowest BCUT2D eigenvalue weighted by Crippen LogP contribution is -2.25. The summed E-state index contributed by atoms with van der Waals surface area (Å²) in [6.45, 7) is 1.63. The molecule has 0 saturated carbocycles. The van der Waals surface area contributed by atoms with Gasteiger partial charge in [-0.25, -0.2) is 0 Å². The topological polar surface area (TPSA) is 61.8 Å². The summed E-state index contributed by atoms with van der Waals surface area (Å²) in [5.74, 6) is 0.0273. The Labute approximate surface area is 129 Å². The van der Waals surface area contributed by atoms with Crippen LogP contribution in [0.1, 0.15) is 12.5 Å². The summed E-state index contributed by atoms with van der Waals surface area (Å²) in [6.07, 6.45) is 0.351. The maximum absolute atomic E-state index is 12.5. The third kappa shape index (κ3) is 2.74. The van der Waals surface area contributed by atoms with E-state index in [2.05, 4.69) is 0 Å². The summed E-state index contributed by atoms with van der Waals surface area (Å²) in [5, 5.41) is 0. The van der Waals surface area contributed by atoms with Crippen molar-refractivity contribution in [3.8, 4) is 5.75 Å². The second-order valence-electron chi connectivity index (χ2n) is 4.85. The van der Waals surface area contributed by atoms with Crippen LogP contribution in [0.3, 0.4) is 0 Å². The van der Waals surface area contributed by atoms with E-state index in [0.29, 0.717) is 17.6 Å². The minimum absolute atomic E-state index is 0.0384. The first-order valence-corrected chi connectivity index (χ1v) is 6.77. The van der Waals surface area contributed by atoms with E-state index >= 15 is 0 Å². The number of methoxy groups -OCH3 is 3. The number of carbonyl (C=O) groups excluding carboxylic acids is 2. The molecule has 5 heteroatoms. The van der Waals surface area contributed by atoms with Crippen molar-refractivity contribution in [2.24, 2.45) is 0 Å². The molecule has 116 valence electrons. The molecule has 0 aromatic heterocycles. The summed E-state index contributed by atoms with van der Waals surface area (Å²) in [4.78, 5) is 24.8. The molecule has 5 nitrogen and oxygen atoms in total. The number of ether oxygens (including phenoxy) is 3. The van der Waals surface area contributed by atoms with Crippen LogP contribution < -0.4 is 4.74 Å². The molecule has 2 rings (SSSR count). The number of rotatable bonds is 5. The van der Waals surface area contributed by atoms with Crippen LogP contribution in [0, 0.1) is 0 Å². The minimum atomic E-state index is -0.317. The molecule has 1 aliphatic rings. The Morgan fingerprint density at radius 3 is 1.86 bits per heavy atom. The minimum Gasteiger partial charge on any atom is -0.497 e. The van der Waals surface area contributed by atoms with Crippen molar-refractivity contribution in [1.82, 2.24) is 0 Å². The summed E-state index contributed by atoms with van der Waals surface area (Å²) in [5.41, 5.74) is 1.72. The monoisotopic (exact) mass is 302 g/mol. The lowest BCUT2D eigenvalue weighted by molar-refractivity contribution is -0.121. The molecule has 1 aliphatic carbocycles. The van der Waals surface area contributed by atoms with E-state index in [1.807, 2.05) is 24.3 Å². The molecule has 0 aliphatic heterocycles. The number of Topliss-reactive ketones (excluding diaryl/α,β-unsaturated/α-hetero) is 2. The van der Waals surface area contributed by atoms with Gasteiger partial charge >= 0.3 is 0 Å². The molecule has 0 radical (unpaired) electrons. The van der Waals surface area contributed by atoms with Crippen molar-refractivity contribution in [3.05, 3.63) is 52.5 Å². The van der Waals surface area contributed by atoms with Crippen LogP contribution in [-0.4, -0.2) is 32.9 Å². The van der Waals surface area contributed by atoms with Crippen LogP contribution in [-0.2, 0) is 25.5 Å². The Morgan fingerprint density at radius 1 is 0.818 bits per heavy atom. The number of ketones is 2. The van der Waals surface area contributed by atoms with Crippen molar-refractivity contribution in [2.75, 3.05) is 21.3 Å². The van der Waals surface area contributed by atoms with E-state index < -0.39 is 0 Å². The largest absolute Gasteiger partial charge is 0.497 e. The molecule has 0 spiro atoms. The highest BCUT2D eigenvalue weighted by atomic mass is 16.5. The highest BCUT2D eigenvalue weighted by Crippen LogP contribution is 2.28. The zero-order valence-electron chi connectivity index (χ0n) is 13.1. The molecule has 0 atom stereocenters. The van der Waals surface area contributed by atoms with E-state index in [4.69, 9.17) is 14.2 Å². The number of benzene rings is 1. The van der Waals surface area contributed by atoms with Crippen LogP contribution in [0.4, 0.5) is 0 Å². The van der Waals surface area contributed by atoms with Gasteiger partial charge in [0.1, 0.15) is 5.75 Å². The molecule has 0 saturated heterocycles. The van der Waals surface area contributed by atoms with Crippen molar-refractivity contribution in [3.63, 3.8) is 0 Å². The fraction of sp³-hybridized carbons (Fsp3) is 0.294. The van der Waals surface area contributed by atoms with Crippen LogP contribution in [0.5, 0.6) is 5.75 Å². The Bertz CT molecular complexity index is 665. The van der Waals surface area contributed by atoms with Gasteiger partial charge in [0.2, 0.25) is 23.1 Å². The first kappa shape index (κ1) is 15.8. The molecule has 0 unspecified atom stereocenters. The van der Waals surface area contributed by atoms with Gasteiger partial charge in [-0.05, 0) is 24.6 Å². The number of carbonyl (C=O) groups is 2. The van der Waals surface area contributed by atoms with Crippen LogP contribution in [0.15, 0.2) is 46.9 Å². The molecule has 0 fully saturated rings. The zero-order chi connectivity index (χ0) is 16.3. The summed E-state index contributed by atoms with van der Waals surface area (Å²) in [6, 6.07) is 7.35. The maximum Gasteiger partial charge on any atom is 0.228 e. The summed E-state index contributed by atoms with van der Waals surface area (Å²) >= 11 is 0. The lowest BCUT2D eigenvalue weighted by atomic mass is 9.89. The fourth-order valence-corrected chi connectivity index (χ4v) is 2.35. The highest BCUT2D eigenvalue weighted by molar-refractivity contribution is 6.23. The van der Waals surface area contributed by atoms with Gasteiger partial charge in [-0.1, -0.05) is 12.1 Å². The SMILES string of the molecule is COC1=C(OC)C(=O)C(Cc2ccc(OC)cc2)=C(C)C1=O. The normalized spacial score (nSPS) is 15.3. The van der Waals surface area contributed by atoms with Gasteiger partial charge in [0.15, 0.2) is 0 Å². The fourth-order valence-electron chi connectivity index (χ4n) is 2.35. The van der Waals surface area contributed by atoms with Gasteiger partial charge < -0.3 is 14.2 Å². The molecule has 1 aromatic carbocycles. The molecule has 0 heterocycles. The molecule has 0 amide bonds. The highest BCUT2D eigenvalue weighted by Gasteiger charge is 2.34. The first-order valence-electron chi connectivity index (χ1n) is 6.77. The van der Waals surface area contributed by atoms with Gasteiger partial charge in [-0.2, -0.15) is 0 Å². The Hall–Kier alpha value is -2.56. The van der Waals surface area contributed by atoms with Gasteiger partial charge in [0, 0.05) is 17.6 Å². The average Bonchev–Trinajstić information content (AvgIpc) is 2.55. The Balaban J connectivity index is 2.35. The van der Waals surface area contributed by atoms with Crippen molar-refractivity contribution in [1.29, 1.82) is 0 Å². The molecule has 1 aromatic rings. The van der Waals surface area contributed by atoms with Gasteiger partial charge in [0.25, 0.3) is 0 Å². The van der Waals surface area contributed by atoms with E-state index in [-0.39, 0.29) is 23.1 Å². The summed E-state index contributed by atoms with van der Waals surface area (Å²) in [7, 11) is 4.29. The smallest absolute Gasteiger partial charge is 0.228 e. The predicted octanol–water partition coefficient (Wildman–Crippen LogP) is 2.21. The second kappa shape index (κ2) is 6.47. The number of hydrogen-bond acceptors (Lipinski definition) is 5. The molecule has 0 bridgehead atoms. The van der Waals surface area contributed by atoms with E-state index in [1.165, 1.54) is 14.2 Å². The summed E-state index contributed by atoms with van der Waals surface area (Å²) < 4.78 is 15.2. The third-order valence-corrected chi connectivity index (χ3v) is 3.63. The van der Waals surface area contributed by atoms with Crippen LogP contribution in [0.2, 0.25) is 0 Å². The zero-order valence-corrected chi connectivity index (χ0v) is 13.1. The van der Waals surface area contributed by atoms with E-state index in [0.717, 1.165) is 11.3 Å². The van der Waals surface area contributed by atoms with Crippen molar-refractivity contribution in [2.45, 2.75) is 13.3 Å². The third-order valence-electron chi connectivity index (χ3n) is 3.63. The Kier molecular flexibility index (Phi) is 4.65. The predicted molar refractivity (Wildman–Crippen MR) is 80.5 cm³/mol. The van der Waals surface area contributed by atoms with E-state index in [9.17, 15) is 9.59 Å². The standard InChI is InChI=1S/C17H18O5/c1-10-13(9-11-5-7-12(20-2)8-6-11)15(19)17(22-4)16(21-3)14(10)18/h5-8H,9H2,1-4H3. The quantitative estimate of drug-likeness (QED) is 0.780. The van der Waals surface area contributed by atoms with Gasteiger partial charge in [-0.3, -0.25) is 9.59 Å². The average molecular weight is 302 g/mol. The second-order valence-corrected chi connectivity index (χ2v) is 4.85. The van der Waals surface area contributed by atoms with Gasteiger partial charge in [0.05, 0.1) is 21.3 Å². The number of allylic oxidation sites excluding steroid dienone is 2. The molecular formula is C17H18O5. The van der Waals surface area contributed by atoms with Gasteiger partial charge in [-0.15, -0.1) is 0 Å². The first-order chi connectivity index (χ1) is 10.5.